The molecule has 0 saturated carbocycles. The average molecular weight is 178 g/mol. The highest BCUT2D eigenvalue weighted by atomic mass is 19.1. The molecule has 0 unspecified atom stereocenters. The highest BCUT2D eigenvalue weighted by Crippen LogP contribution is 2.01. The molecule has 2 atom stereocenters. The number of rotatable bonds is 4. The van der Waals surface area contributed by atoms with Crippen molar-refractivity contribution in [1.29, 1.82) is 0 Å². The summed E-state index contributed by atoms with van der Waals surface area (Å²) in [6.07, 6.45) is -2.35. The van der Waals surface area contributed by atoms with Gasteiger partial charge >= 0.3 is 5.97 Å². The number of amides is 1. The van der Waals surface area contributed by atoms with E-state index in [1.165, 1.54) is 0 Å². The molecule has 0 spiro atoms. The number of esters is 1. The van der Waals surface area contributed by atoms with E-state index >= 15 is 0 Å². The minimum Gasteiger partial charge on any atom is -0.468 e. The Balaban J connectivity index is 3.91. The highest BCUT2D eigenvalue weighted by Gasteiger charge is 2.22. The fourth-order valence-corrected chi connectivity index (χ4v) is 0.587. The number of alkyl halides is 1. The smallest absolute Gasteiger partial charge is 0.322 e. The average Bonchev–Trinajstić information content (AvgIpc) is 2.02. The lowest BCUT2D eigenvalue weighted by Gasteiger charge is -2.09. The SMILES string of the molecule is COC(=O)[C@H](N)C[C@H](F)C(N)=O. The largest absolute Gasteiger partial charge is 0.468 e. The Morgan fingerprint density at radius 3 is 2.42 bits per heavy atom. The molecule has 0 radical (unpaired) electrons. The summed E-state index contributed by atoms with van der Waals surface area (Å²) in [5, 5.41) is 0. The van der Waals surface area contributed by atoms with Gasteiger partial charge in [-0.25, -0.2) is 4.39 Å². The van der Waals surface area contributed by atoms with E-state index in [9.17, 15) is 14.0 Å². The fourth-order valence-electron chi connectivity index (χ4n) is 0.587. The summed E-state index contributed by atoms with van der Waals surface area (Å²) in [5.74, 6) is -1.90. The normalized spacial score (nSPS) is 14.9. The predicted molar refractivity (Wildman–Crippen MR) is 38.7 cm³/mol. The van der Waals surface area contributed by atoms with Crippen LogP contribution in [-0.2, 0) is 14.3 Å². The maximum Gasteiger partial charge on any atom is 0.322 e. The molecule has 0 fully saturated rings. The highest BCUT2D eigenvalue weighted by molar-refractivity contribution is 5.81. The van der Waals surface area contributed by atoms with Crippen molar-refractivity contribution in [3.63, 3.8) is 0 Å². The number of carbonyl (C=O) groups is 2. The summed E-state index contributed by atoms with van der Waals surface area (Å²) in [6.45, 7) is 0. The molecule has 0 heterocycles. The van der Waals surface area contributed by atoms with Gasteiger partial charge in [0, 0.05) is 6.42 Å². The van der Waals surface area contributed by atoms with Gasteiger partial charge in [-0.15, -0.1) is 0 Å². The molecular weight excluding hydrogens is 167 g/mol. The Morgan fingerprint density at radius 1 is 1.58 bits per heavy atom. The number of hydrogen-bond acceptors (Lipinski definition) is 4. The van der Waals surface area contributed by atoms with Crippen molar-refractivity contribution in [2.45, 2.75) is 18.6 Å². The van der Waals surface area contributed by atoms with Crippen LogP contribution >= 0.6 is 0 Å². The van der Waals surface area contributed by atoms with Crippen molar-refractivity contribution in [2.24, 2.45) is 11.5 Å². The summed E-state index contributed by atoms with van der Waals surface area (Å²) < 4.78 is 16.7. The first-order valence-electron chi connectivity index (χ1n) is 3.25. The first-order chi connectivity index (χ1) is 5.49. The predicted octanol–water partition coefficient (Wildman–Crippen LogP) is -1.30. The van der Waals surface area contributed by atoms with Crippen LogP contribution in [0.5, 0.6) is 0 Å². The van der Waals surface area contributed by atoms with Gasteiger partial charge in [-0.2, -0.15) is 0 Å². The van der Waals surface area contributed by atoms with Crippen LogP contribution in [0.1, 0.15) is 6.42 Å². The van der Waals surface area contributed by atoms with Gasteiger partial charge in [0.25, 0.3) is 5.91 Å². The maximum atomic E-state index is 12.5. The van der Waals surface area contributed by atoms with Gasteiger partial charge in [-0.05, 0) is 0 Å². The second-order valence-corrected chi connectivity index (χ2v) is 2.24. The van der Waals surface area contributed by atoms with Gasteiger partial charge in [0.1, 0.15) is 6.04 Å². The summed E-state index contributed by atoms with van der Waals surface area (Å²) in [7, 11) is 1.12. The Bertz CT molecular complexity index is 186. The molecule has 1 amide bonds. The van der Waals surface area contributed by atoms with Crippen molar-refractivity contribution in [3.05, 3.63) is 0 Å². The summed E-state index contributed by atoms with van der Waals surface area (Å²) >= 11 is 0. The lowest BCUT2D eigenvalue weighted by atomic mass is 10.1. The van der Waals surface area contributed by atoms with E-state index in [-0.39, 0.29) is 0 Å². The molecule has 0 rings (SSSR count). The molecule has 0 bridgehead atoms. The molecule has 4 N–H and O–H groups in total. The molecule has 0 aliphatic heterocycles. The zero-order chi connectivity index (χ0) is 9.72. The molecule has 6 heteroatoms. The van der Waals surface area contributed by atoms with E-state index in [1.807, 2.05) is 0 Å². The minimum atomic E-state index is -1.90. The summed E-state index contributed by atoms with van der Waals surface area (Å²) in [6, 6.07) is -1.14. The Hall–Kier alpha value is -1.17. The third-order valence-corrected chi connectivity index (χ3v) is 1.27. The van der Waals surface area contributed by atoms with Crippen molar-refractivity contribution >= 4 is 11.9 Å². The standard InChI is InChI=1S/C6H11FN2O3/c1-12-6(11)4(8)2-3(7)5(9)10/h3-4H,2,8H2,1H3,(H2,9,10)/t3-,4+/m0/s1. The Morgan fingerprint density at radius 2 is 2.08 bits per heavy atom. The molecule has 0 aromatic rings. The number of ether oxygens (including phenoxy) is 1. The Kier molecular flexibility index (Phi) is 4.20. The van der Waals surface area contributed by atoms with Crippen LogP contribution < -0.4 is 11.5 Å². The zero-order valence-corrected chi connectivity index (χ0v) is 6.62. The number of hydrogen-bond donors (Lipinski definition) is 2. The van der Waals surface area contributed by atoms with Gasteiger partial charge < -0.3 is 16.2 Å². The molecule has 0 aromatic carbocycles. The first-order valence-corrected chi connectivity index (χ1v) is 3.25. The van der Waals surface area contributed by atoms with Gasteiger partial charge in [-0.1, -0.05) is 0 Å². The van der Waals surface area contributed by atoms with Crippen molar-refractivity contribution in [1.82, 2.24) is 0 Å². The number of nitrogens with two attached hydrogens (primary N) is 2. The van der Waals surface area contributed by atoms with E-state index in [0.717, 1.165) is 7.11 Å². The van der Waals surface area contributed by atoms with Crippen LogP contribution in [0.2, 0.25) is 0 Å². The van der Waals surface area contributed by atoms with E-state index in [1.54, 1.807) is 0 Å². The number of carbonyl (C=O) groups excluding carboxylic acids is 2. The molecule has 0 aromatic heterocycles. The summed E-state index contributed by atoms with van der Waals surface area (Å²) in [5.41, 5.74) is 9.75. The molecule has 70 valence electrons. The monoisotopic (exact) mass is 178 g/mol. The molecule has 0 aliphatic rings. The van der Waals surface area contributed by atoms with Crippen LogP contribution in [0, 0.1) is 0 Å². The third-order valence-electron chi connectivity index (χ3n) is 1.27. The van der Waals surface area contributed by atoms with Crippen LogP contribution in [0.25, 0.3) is 0 Å². The van der Waals surface area contributed by atoms with Crippen LogP contribution in [0.15, 0.2) is 0 Å². The van der Waals surface area contributed by atoms with E-state index in [4.69, 9.17) is 5.73 Å². The van der Waals surface area contributed by atoms with Gasteiger partial charge in [0.2, 0.25) is 0 Å². The molecular formula is C6H11FN2O3. The van der Waals surface area contributed by atoms with Crippen LogP contribution in [0.3, 0.4) is 0 Å². The third kappa shape index (κ3) is 3.29. The number of halogens is 1. The number of primary amides is 1. The van der Waals surface area contributed by atoms with Crippen LogP contribution in [0.4, 0.5) is 4.39 Å². The topological polar surface area (TPSA) is 95.4 Å². The fraction of sp³-hybridized carbons (Fsp3) is 0.667. The van der Waals surface area contributed by atoms with Gasteiger partial charge in [0.15, 0.2) is 6.17 Å². The molecule has 5 nitrogen and oxygen atoms in total. The minimum absolute atomic E-state index is 0.442. The molecule has 0 saturated heterocycles. The second-order valence-electron chi connectivity index (χ2n) is 2.24. The zero-order valence-electron chi connectivity index (χ0n) is 6.62. The molecule has 12 heavy (non-hydrogen) atoms. The Labute approximate surface area is 68.8 Å². The van der Waals surface area contributed by atoms with E-state index in [0.29, 0.717) is 0 Å². The van der Waals surface area contributed by atoms with E-state index < -0.39 is 30.5 Å². The maximum absolute atomic E-state index is 12.5. The first kappa shape index (κ1) is 10.8. The molecule has 0 aliphatic carbocycles. The summed E-state index contributed by atoms with van der Waals surface area (Å²) in [4.78, 5) is 20.8. The van der Waals surface area contributed by atoms with Crippen LogP contribution in [-0.4, -0.2) is 31.2 Å². The van der Waals surface area contributed by atoms with Crippen molar-refractivity contribution in [3.8, 4) is 0 Å². The van der Waals surface area contributed by atoms with Crippen molar-refractivity contribution < 1.29 is 18.7 Å². The van der Waals surface area contributed by atoms with Gasteiger partial charge in [-0.3, -0.25) is 9.59 Å². The van der Waals surface area contributed by atoms with E-state index in [2.05, 4.69) is 10.5 Å². The lowest BCUT2D eigenvalue weighted by Crippen LogP contribution is -2.38. The van der Waals surface area contributed by atoms with Gasteiger partial charge in [0.05, 0.1) is 7.11 Å². The van der Waals surface area contributed by atoms with Crippen molar-refractivity contribution in [2.75, 3.05) is 7.11 Å². The lowest BCUT2D eigenvalue weighted by molar-refractivity contribution is -0.142. The number of methoxy groups -OCH3 is 1. The quantitative estimate of drug-likeness (QED) is 0.523. The second kappa shape index (κ2) is 4.66.